The van der Waals surface area contributed by atoms with Crippen LogP contribution in [-0.4, -0.2) is 96.7 Å². The van der Waals surface area contributed by atoms with Crippen LogP contribution in [0.4, 0.5) is 0 Å². The van der Waals surface area contributed by atoms with Crippen LogP contribution in [0.1, 0.15) is 428 Å². The molecule has 0 amide bonds. The molecular weight excluding hydrogens is 1330 g/mol. The highest BCUT2D eigenvalue weighted by molar-refractivity contribution is 7.47. The fourth-order valence-corrected chi connectivity index (χ4v) is 14.3. The maximum atomic E-state index is 13.1. The van der Waals surface area contributed by atoms with Crippen LogP contribution in [0.15, 0.2) is 0 Å². The highest BCUT2D eigenvalue weighted by Crippen LogP contribution is 2.45. The average molecular weight is 1490 g/mol. The largest absolute Gasteiger partial charge is 0.472 e. The number of unbranched alkanes of at least 4 members (excludes halogenated alkanes) is 45. The second kappa shape index (κ2) is 72.0. The van der Waals surface area contributed by atoms with Crippen LogP contribution in [0.3, 0.4) is 0 Å². The lowest BCUT2D eigenvalue weighted by Crippen LogP contribution is -2.30. The Hall–Kier alpha value is -1.94. The lowest BCUT2D eigenvalue weighted by atomic mass is 9.99. The van der Waals surface area contributed by atoms with Gasteiger partial charge in [-0.15, -0.1) is 0 Å². The summed E-state index contributed by atoms with van der Waals surface area (Å²) in [5.41, 5.74) is 0. The molecule has 19 heteroatoms. The Balaban J connectivity index is 5.22. The molecule has 0 saturated carbocycles. The molecular formula is C83H162O17P2. The van der Waals surface area contributed by atoms with Crippen molar-refractivity contribution in [1.29, 1.82) is 0 Å². The number of aliphatic hydroxyl groups is 1. The first-order valence-corrected chi connectivity index (χ1v) is 45.7. The molecule has 606 valence electrons. The normalized spacial score (nSPS) is 14.3. The Morgan fingerprint density at radius 1 is 0.275 bits per heavy atom. The zero-order valence-electron chi connectivity index (χ0n) is 67.2. The Bertz CT molecular complexity index is 1990. The molecule has 0 aromatic heterocycles. The van der Waals surface area contributed by atoms with E-state index in [9.17, 15) is 43.2 Å². The molecule has 102 heavy (non-hydrogen) atoms. The first-order valence-electron chi connectivity index (χ1n) is 42.7. The van der Waals surface area contributed by atoms with Crippen molar-refractivity contribution < 1.29 is 80.2 Å². The molecule has 0 aliphatic heterocycles. The summed E-state index contributed by atoms with van der Waals surface area (Å²) in [7, 11) is -9.92. The molecule has 3 unspecified atom stereocenters. The zero-order valence-corrected chi connectivity index (χ0v) is 69.0. The number of carbonyl (C=O) groups is 4. The second-order valence-corrected chi connectivity index (χ2v) is 34.4. The summed E-state index contributed by atoms with van der Waals surface area (Å²) < 4.78 is 68.7. The average Bonchev–Trinajstić information content (AvgIpc) is 0.914. The Morgan fingerprint density at radius 3 is 0.696 bits per heavy atom. The molecule has 0 aliphatic rings. The highest BCUT2D eigenvalue weighted by Gasteiger charge is 2.30. The predicted molar refractivity (Wildman–Crippen MR) is 418 cm³/mol. The number of rotatable bonds is 80. The SMILES string of the molecule is CCC(C)CCCCCCCCCCCCCCCCC(=O)OC[C@H](COP(=O)(O)OC[C@@H](O)COP(=O)(O)OC[C@@H](COC(=O)CCCCCCCCC(C)C)OC(=O)CCCCCCCCCCCCCC(C)C)OC(=O)CCCCCCCCCCCCCCCCCCCCC(C)C. The molecule has 0 radical (unpaired) electrons. The standard InChI is InChI=1S/C83H162O17P2/c1-9-76(8)62-54-46-37-31-25-19-16-17-20-26-32-38-47-55-63-80(85)93-69-78(99-82(87)65-57-49-39-33-27-21-15-13-11-10-12-14-18-23-29-35-43-51-59-73(2)3)71-97-101(89,90)95-67-77(84)68-96-102(91,92)98-72-79(70-94-81(86)64-56-48-42-41-45-53-61-75(6)7)100-83(88)66-58-50-40-34-28-22-24-30-36-44-52-60-74(4)5/h73-79,84H,9-72H2,1-8H3,(H,89,90)(H,91,92)/t76?,77-,78-,79-/m1/s1. The zero-order chi connectivity index (χ0) is 75.3. The maximum Gasteiger partial charge on any atom is 0.472 e. The number of aliphatic hydroxyl groups excluding tert-OH is 1. The molecule has 0 aliphatic carbocycles. The van der Waals surface area contributed by atoms with Crippen molar-refractivity contribution in [3.8, 4) is 0 Å². The van der Waals surface area contributed by atoms with Crippen LogP contribution < -0.4 is 0 Å². The van der Waals surface area contributed by atoms with Gasteiger partial charge in [0.2, 0.25) is 0 Å². The number of phosphoric acid groups is 2. The summed E-state index contributed by atoms with van der Waals surface area (Å²) >= 11 is 0. The minimum Gasteiger partial charge on any atom is -0.462 e. The van der Waals surface area contributed by atoms with E-state index >= 15 is 0 Å². The molecule has 0 rings (SSSR count). The Kier molecular flexibility index (Phi) is 70.6. The molecule has 0 aromatic carbocycles. The van der Waals surface area contributed by atoms with E-state index in [-0.39, 0.29) is 25.7 Å². The van der Waals surface area contributed by atoms with Crippen LogP contribution in [-0.2, 0) is 65.4 Å². The van der Waals surface area contributed by atoms with Gasteiger partial charge in [-0.3, -0.25) is 37.3 Å². The molecule has 0 fully saturated rings. The van der Waals surface area contributed by atoms with Crippen LogP contribution >= 0.6 is 15.6 Å². The molecule has 0 bridgehead atoms. The van der Waals surface area contributed by atoms with Gasteiger partial charge < -0.3 is 33.8 Å². The highest BCUT2D eigenvalue weighted by atomic mass is 31.2. The molecule has 0 spiro atoms. The van der Waals surface area contributed by atoms with Crippen molar-refractivity contribution in [3.05, 3.63) is 0 Å². The summed E-state index contributed by atoms with van der Waals surface area (Å²) in [5.74, 6) is 1.00. The monoisotopic (exact) mass is 1490 g/mol. The lowest BCUT2D eigenvalue weighted by molar-refractivity contribution is -0.161. The van der Waals surface area contributed by atoms with Gasteiger partial charge in [-0.25, -0.2) is 9.13 Å². The number of hydrogen-bond donors (Lipinski definition) is 3. The second-order valence-electron chi connectivity index (χ2n) is 31.5. The minimum absolute atomic E-state index is 0.105. The van der Waals surface area contributed by atoms with E-state index in [1.807, 2.05) is 0 Å². The van der Waals surface area contributed by atoms with Gasteiger partial charge in [0, 0.05) is 25.7 Å². The van der Waals surface area contributed by atoms with Gasteiger partial charge in [0.1, 0.15) is 19.3 Å². The number of esters is 4. The van der Waals surface area contributed by atoms with Gasteiger partial charge in [0.25, 0.3) is 0 Å². The molecule has 3 N–H and O–H groups in total. The third kappa shape index (κ3) is 74.9. The van der Waals surface area contributed by atoms with Gasteiger partial charge in [-0.2, -0.15) is 0 Å². The topological polar surface area (TPSA) is 237 Å². The van der Waals surface area contributed by atoms with E-state index in [1.54, 1.807) is 0 Å². The van der Waals surface area contributed by atoms with Crippen molar-refractivity contribution in [2.45, 2.75) is 446 Å². The Morgan fingerprint density at radius 2 is 0.471 bits per heavy atom. The third-order valence-corrected chi connectivity index (χ3v) is 21.6. The summed E-state index contributed by atoms with van der Waals surface area (Å²) in [6.45, 7) is 14.3. The van der Waals surface area contributed by atoms with Gasteiger partial charge in [-0.05, 0) is 49.4 Å². The summed E-state index contributed by atoms with van der Waals surface area (Å²) in [5, 5.41) is 10.6. The number of carbonyl (C=O) groups excluding carboxylic acids is 4. The van der Waals surface area contributed by atoms with Gasteiger partial charge in [0.05, 0.1) is 26.4 Å². The van der Waals surface area contributed by atoms with E-state index in [0.717, 1.165) is 114 Å². The van der Waals surface area contributed by atoms with Crippen LogP contribution in [0.2, 0.25) is 0 Å². The molecule has 0 aromatic rings. The van der Waals surface area contributed by atoms with E-state index < -0.39 is 97.5 Å². The quantitative estimate of drug-likeness (QED) is 0.0222. The van der Waals surface area contributed by atoms with Crippen LogP contribution in [0.5, 0.6) is 0 Å². The minimum atomic E-state index is -4.96. The van der Waals surface area contributed by atoms with E-state index in [1.165, 1.54) is 225 Å². The number of phosphoric ester groups is 2. The molecule has 0 saturated heterocycles. The van der Waals surface area contributed by atoms with Crippen LogP contribution in [0, 0.1) is 23.7 Å². The van der Waals surface area contributed by atoms with Crippen molar-refractivity contribution >= 4 is 39.5 Å². The van der Waals surface area contributed by atoms with Gasteiger partial charge >= 0.3 is 39.5 Å². The third-order valence-electron chi connectivity index (χ3n) is 19.7. The maximum absolute atomic E-state index is 13.1. The first-order chi connectivity index (χ1) is 49.1. The van der Waals surface area contributed by atoms with Crippen LogP contribution in [0.25, 0.3) is 0 Å². The smallest absolute Gasteiger partial charge is 0.462 e. The van der Waals surface area contributed by atoms with E-state index in [4.69, 9.17) is 37.0 Å². The summed E-state index contributed by atoms with van der Waals surface area (Å²) in [6.07, 6.45) is 59.8. The summed E-state index contributed by atoms with van der Waals surface area (Å²) in [6, 6.07) is 0. The lowest BCUT2D eigenvalue weighted by Gasteiger charge is -2.21. The molecule has 6 atom stereocenters. The number of ether oxygens (including phenoxy) is 4. The van der Waals surface area contributed by atoms with Crippen molar-refractivity contribution in [1.82, 2.24) is 0 Å². The van der Waals surface area contributed by atoms with Crippen molar-refractivity contribution in [2.75, 3.05) is 39.6 Å². The van der Waals surface area contributed by atoms with Gasteiger partial charge in [0.15, 0.2) is 12.2 Å². The summed E-state index contributed by atoms with van der Waals surface area (Å²) in [4.78, 5) is 73.0. The predicted octanol–water partition coefficient (Wildman–Crippen LogP) is 24.8. The van der Waals surface area contributed by atoms with Crippen molar-refractivity contribution in [3.63, 3.8) is 0 Å². The fraction of sp³-hybridized carbons (Fsp3) is 0.952. The fourth-order valence-electron chi connectivity index (χ4n) is 12.8. The molecule has 0 heterocycles. The first kappa shape index (κ1) is 100. The van der Waals surface area contributed by atoms with Gasteiger partial charge in [-0.1, -0.05) is 376 Å². The van der Waals surface area contributed by atoms with E-state index in [2.05, 4.69) is 55.4 Å². The van der Waals surface area contributed by atoms with Crippen molar-refractivity contribution in [2.24, 2.45) is 23.7 Å². The molecule has 17 nitrogen and oxygen atoms in total. The Labute approximate surface area is 626 Å². The number of hydrogen-bond acceptors (Lipinski definition) is 15. The van der Waals surface area contributed by atoms with E-state index in [0.29, 0.717) is 31.6 Å².